The molecule has 0 saturated heterocycles. The SMILES string of the molecule is CCn1c(CCl)nnc1C1(C)CC1F. The van der Waals surface area contributed by atoms with Gasteiger partial charge in [-0.05, 0) is 20.3 Å². The van der Waals surface area contributed by atoms with Gasteiger partial charge in [-0.2, -0.15) is 0 Å². The summed E-state index contributed by atoms with van der Waals surface area (Å²) >= 11 is 5.71. The molecule has 0 spiro atoms. The van der Waals surface area contributed by atoms with Crippen LogP contribution in [0, 0.1) is 0 Å². The molecule has 1 aliphatic carbocycles. The van der Waals surface area contributed by atoms with Gasteiger partial charge in [-0.3, -0.25) is 0 Å². The maximum atomic E-state index is 13.2. The van der Waals surface area contributed by atoms with Crippen LogP contribution < -0.4 is 0 Å². The van der Waals surface area contributed by atoms with Crippen molar-refractivity contribution < 1.29 is 4.39 Å². The molecule has 2 unspecified atom stereocenters. The van der Waals surface area contributed by atoms with Crippen LogP contribution in [0.4, 0.5) is 4.39 Å². The molecule has 5 heteroatoms. The Morgan fingerprint density at radius 2 is 2.29 bits per heavy atom. The van der Waals surface area contributed by atoms with E-state index in [1.54, 1.807) is 0 Å². The van der Waals surface area contributed by atoms with Crippen molar-refractivity contribution in [1.82, 2.24) is 14.8 Å². The Kier molecular flexibility index (Phi) is 2.26. The Hall–Kier alpha value is -0.640. The summed E-state index contributed by atoms with van der Waals surface area (Å²) in [7, 11) is 0. The number of halogens is 2. The van der Waals surface area contributed by atoms with Gasteiger partial charge in [0.15, 0.2) is 0 Å². The van der Waals surface area contributed by atoms with Crippen LogP contribution in [0.3, 0.4) is 0 Å². The molecule has 1 aliphatic rings. The van der Waals surface area contributed by atoms with Gasteiger partial charge < -0.3 is 4.57 Å². The van der Waals surface area contributed by atoms with E-state index in [9.17, 15) is 4.39 Å². The topological polar surface area (TPSA) is 30.7 Å². The number of rotatable bonds is 3. The average Bonchev–Trinajstić information content (AvgIpc) is 2.67. The Morgan fingerprint density at radius 1 is 1.64 bits per heavy atom. The first-order valence-electron chi connectivity index (χ1n) is 4.76. The first-order valence-corrected chi connectivity index (χ1v) is 5.29. The first-order chi connectivity index (χ1) is 6.63. The quantitative estimate of drug-likeness (QED) is 0.726. The molecule has 0 aliphatic heterocycles. The van der Waals surface area contributed by atoms with Crippen LogP contribution in [-0.2, 0) is 17.8 Å². The Balaban J connectivity index is 2.39. The van der Waals surface area contributed by atoms with Crippen molar-refractivity contribution in [2.45, 2.75) is 44.3 Å². The molecule has 3 nitrogen and oxygen atoms in total. The van der Waals surface area contributed by atoms with Gasteiger partial charge in [-0.15, -0.1) is 21.8 Å². The van der Waals surface area contributed by atoms with Gasteiger partial charge >= 0.3 is 0 Å². The molecule has 1 saturated carbocycles. The fraction of sp³-hybridized carbons (Fsp3) is 0.778. The van der Waals surface area contributed by atoms with Crippen LogP contribution in [0.15, 0.2) is 0 Å². The zero-order valence-electron chi connectivity index (χ0n) is 8.30. The summed E-state index contributed by atoms with van der Waals surface area (Å²) in [6.07, 6.45) is -0.229. The van der Waals surface area contributed by atoms with E-state index in [1.807, 2.05) is 18.4 Å². The maximum absolute atomic E-state index is 13.2. The molecule has 1 heterocycles. The predicted octanol–water partition coefficient (Wildman–Crippen LogP) is 2.04. The molecule has 2 atom stereocenters. The van der Waals surface area contributed by atoms with Crippen LogP contribution in [0.2, 0.25) is 0 Å². The van der Waals surface area contributed by atoms with Gasteiger partial charge in [-0.25, -0.2) is 4.39 Å². The molecule has 0 N–H and O–H groups in total. The molecular weight excluding hydrogens is 205 g/mol. The molecule has 78 valence electrons. The largest absolute Gasteiger partial charge is 0.314 e. The molecule has 2 rings (SSSR count). The number of hydrogen-bond acceptors (Lipinski definition) is 2. The lowest BCUT2D eigenvalue weighted by Gasteiger charge is -2.10. The molecule has 0 aromatic carbocycles. The first kappa shape index (κ1) is 9.90. The standard InChI is InChI=1S/C9H13ClFN3/c1-3-14-7(5-10)12-13-8(14)9(2)4-6(9)11/h6H,3-5H2,1-2H3. The normalized spacial score (nSPS) is 30.7. The van der Waals surface area contributed by atoms with Crippen molar-refractivity contribution in [3.63, 3.8) is 0 Å². The third-order valence-corrected chi connectivity index (χ3v) is 3.15. The molecule has 0 bridgehead atoms. The average molecular weight is 218 g/mol. The zero-order valence-corrected chi connectivity index (χ0v) is 9.05. The summed E-state index contributed by atoms with van der Waals surface area (Å²) in [5, 5.41) is 7.99. The molecule has 1 fully saturated rings. The van der Waals surface area contributed by atoms with E-state index < -0.39 is 11.6 Å². The zero-order chi connectivity index (χ0) is 10.3. The van der Waals surface area contributed by atoms with E-state index >= 15 is 0 Å². The second-order valence-corrected chi connectivity index (χ2v) is 4.17. The van der Waals surface area contributed by atoms with Crippen molar-refractivity contribution in [2.75, 3.05) is 0 Å². The van der Waals surface area contributed by atoms with Crippen molar-refractivity contribution in [1.29, 1.82) is 0 Å². The lowest BCUT2D eigenvalue weighted by molar-refractivity contribution is 0.416. The highest BCUT2D eigenvalue weighted by molar-refractivity contribution is 6.16. The molecule has 1 aromatic rings. The summed E-state index contributed by atoms with van der Waals surface area (Å²) in [4.78, 5) is 0. The second kappa shape index (κ2) is 3.19. The number of nitrogens with zero attached hydrogens (tertiary/aromatic N) is 3. The van der Waals surface area contributed by atoms with E-state index in [0.29, 0.717) is 12.3 Å². The van der Waals surface area contributed by atoms with Crippen molar-refractivity contribution in [3.05, 3.63) is 11.6 Å². The van der Waals surface area contributed by atoms with E-state index in [-0.39, 0.29) is 0 Å². The van der Waals surface area contributed by atoms with Gasteiger partial charge in [0, 0.05) is 6.54 Å². The van der Waals surface area contributed by atoms with E-state index in [0.717, 1.165) is 18.2 Å². The van der Waals surface area contributed by atoms with E-state index in [1.165, 1.54) is 0 Å². The highest BCUT2D eigenvalue weighted by Gasteiger charge is 2.56. The monoisotopic (exact) mass is 217 g/mol. The number of aromatic nitrogens is 3. The fourth-order valence-electron chi connectivity index (χ4n) is 1.73. The number of alkyl halides is 2. The predicted molar refractivity (Wildman–Crippen MR) is 52.1 cm³/mol. The van der Waals surface area contributed by atoms with Crippen LogP contribution in [0.25, 0.3) is 0 Å². The number of hydrogen-bond donors (Lipinski definition) is 0. The van der Waals surface area contributed by atoms with Crippen molar-refractivity contribution in [2.24, 2.45) is 0 Å². The minimum absolute atomic E-state index is 0.327. The molecule has 0 radical (unpaired) electrons. The smallest absolute Gasteiger partial charge is 0.147 e. The molecule has 0 amide bonds. The minimum atomic E-state index is -0.778. The second-order valence-electron chi connectivity index (χ2n) is 3.91. The summed E-state index contributed by atoms with van der Waals surface area (Å²) in [6, 6.07) is 0. The van der Waals surface area contributed by atoms with Gasteiger partial charge in [0.25, 0.3) is 0 Å². The molecular formula is C9H13ClFN3. The van der Waals surface area contributed by atoms with Crippen LogP contribution in [-0.4, -0.2) is 20.9 Å². The van der Waals surface area contributed by atoms with Crippen LogP contribution in [0.1, 0.15) is 31.9 Å². The lowest BCUT2D eigenvalue weighted by atomic mass is 10.1. The van der Waals surface area contributed by atoms with Gasteiger partial charge in [-0.1, -0.05) is 0 Å². The molecule has 1 aromatic heterocycles. The Morgan fingerprint density at radius 3 is 2.71 bits per heavy atom. The van der Waals surface area contributed by atoms with E-state index in [4.69, 9.17) is 11.6 Å². The summed E-state index contributed by atoms with van der Waals surface area (Å²) in [5.41, 5.74) is -0.423. The van der Waals surface area contributed by atoms with Crippen molar-refractivity contribution in [3.8, 4) is 0 Å². The molecule has 14 heavy (non-hydrogen) atoms. The maximum Gasteiger partial charge on any atom is 0.147 e. The third kappa shape index (κ3) is 1.24. The Bertz CT molecular complexity index is 352. The summed E-state index contributed by atoms with van der Waals surface area (Å²) < 4.78 is 15.1. The van der Waals surface area contributed by atoms with Crippen LogP contribution in [0.5, 0.6) is 0 Å². The summed E-state index contributed by atoms with van der Waals surface area (Å²) in [5.74, 6) is 1.79. The van der Waals surface area contributed by atoms with Crippen LogP contribution >= 0.6 is 11.6 Å². The highest BCUT2D eigenvalue weighted by atomic mass is 35.5. The van der Waals surface area contributed by atoms with Gasteiger partial charge in [0.05, 0.1) is 11.3 Å². The third-order valence-electron chi connectivity index (χ3n) is 2.91. The van der Waals surface area contributed by atoms with E-state index in [2.05, 4.69) is 10.2 Å². The Labute approximate surface area is 87.3 Å². The highest BCUT2D eigenvalue weighted by Crippen LogP contribution is 2.49. The summed E-state index contributed by atoms with van der Waals surface area (Å²) in [6.45, 7) is 4.61. The van der Waals surface area contributed by atoms with Gasteiger partial charge in [0.2, 0.25) is 0 Å². The fourth-order valence-corrected chi connectivity index (χ4v) is 1.93. The van der Waals surface area contributed by atoms with Gasteiger partial charge in [0.1, 0.15) is 17.8 Å². The minimum Gasteiger partial charge on any atom is -0.314 e. The lowest BCUT2D eigenvalue weighted by Crippen LogP contribution is -2.15. The van der Waals surface area contributed by atoms with Crippen molar-refractivity contribution >= 4 is 11.6 Å².